The maximum absolute atomic E-state index is 14.2. The molecule has 0 fully saturated rings. The van der Waals surface area contributed by atoms with Crippen LogP contribution >= 0.6 is 27.7 Å². The number of nitrogens with one attached hydrogen (secondary N) is 1. The zero-order valence-electron chi connectivity index (χ0n) is 15.8. The van der Waals surface area contributed by atoms with E-state index in [-0.39, 0.29) is 16.6 Å². The summed E-state index contributed by atoms with van der Waals surface area (Å²) in [6.07, 6.45) is 3.50. The number of hydrazone groups is 1. The van der Waals surface area contributed by atoms with Gasteiger partial charge in [0.25, 0.3) is 5.91 Å². The van der Waals surface area contributed by atoms with Crippen molar-refractivity contribution >= 4 is 55.7 Å². The fourth-order valence-corrected chi connectivity index (χ4v) is 4.41. The number of fused-ring (bicyclic) bond motifs is 1. The molecule has 9 heteroatoms. The van der Waals surface area contributed by atoms with Crippen LogP contribution in [0.2, 0.25) is 0 Å². The monoisotopic (exact) mass is 493 g/mol. The molecule has 0 bridgehead atoms. The lowest BCUT2D eigenvalue weighted by Gasteiger charge is -2.20. The third-order valence-electron chi connectivity index (χ3n) is 4.74. The summed E-state index contributed by atoms with van der Waals surface area (Å²) in [6, 6.07) is 17.7. The van der Waals surface area contributed by atoms with E-state index in [1.165, 1.54) is 11.1 Å². The first-order chi connectivity index (χ1) is 15.0. The quantitative estimate of drug-likeness (QED) is 0.519. The standard InChI is InChI=1S/C22H13BrFN5OS/c23-13-7-9-14(10-8-13)28-11-3-4-15(28)12-17-19(25)29-22(26-20(17)30)31-21(27-29)16-5-1-2-6-18(16)24/h1-12,25H/b17-12+,25-19?. The minimum absolute atomic E-state index is 0.0996. The number of aliphatic imine (C=N–C) groups is 1. The Labute approximate surface area is 189 Å². The van der Waals surface area contributed by atoms with Crippen molar-refractivity contribution in [2.75, 3.05) is 0 Å². The molecule has 0 radical (unpaired) electrons. The van der Waals surface area contributed by atoms with Crippen molar-refractivity contribution in [2.24, 2.45) is 10.1 Å². The van der Waals surface area contributed by atoms with E-state index in [2.05, 4.69) is 26.0 Å². The van der Waals surface area contributed by atoms with Crippen molar-refractivity contribution in [3.05, 3.63) is 94.0 Å². The first kappa shape index (κ1) is 19.7. The van der Waals surface area contributed by atoms with Crippen LogP contribution in [0.3, 0.4) is 0 Å². The van der Waals surface area contributed by atoms with Gasteiger partial charge in [-0.3, -0.25) is 10.2 Å². The van der Waals surface area contributed by atoms with Crippen molar-refractivity contribution in [1.29, 1.82) is 5.41 Å². The highest BCUT2D eigenvalue weighted by Gasteiger charge is 2.36. The molecular formula is C22H13BrFN5OS. The van der Waals surface area contributed by atoms with Crippen LogP contribution in [-0.4, -0.2) is 31.5 Å². The van der Waals surface area contributed by atoms with E-state index in [1.54, 1.807) is 24.3 Å². The molecule has 0 saturated carbocycles. The lowest BCUT2D eigenvalue weighted by Crippen LogP contribution is -2.35. The van der Waals surface area contributed by atoms with Gasteiger partial charge in [-0.25, -0.2) is 4.39 Å². The molecule has 3 heterocycles. The second-order valence-electron chi connectivity index (χ2n) is 6.68. The molecule has 1 aromatic heterocycles. The molecular weight excluding hydrogens is 481 g/mol. The van der Waals surface area contributed by atoms with Crippen LogP contribution in [0.5, 0.6) is 0 Å². The zero-order valence-corrected chi connectivity index (χ0v) is 18.2. The second kappa shape index (κ2) is 7.75. The van der Waals surface area contributed by atoms with Gasteiger partial charge in [0.15, 0.2) is 5.84 Å². The highest BCUT2D eigenvalue weighted by molar-refractivity contribution is 9.10. The SMILES string of the molecule is N=C1/C(=C\c2cccn2-c2ccc(Br)cc2)C(=O)N=C2SC(c3ccccc3F)=NN12. The van der Waals surface area contributed by atoms with E-state index in [0.717, 1.165) is 27.6 Å². The van der Waals surface area contributed by atoms with Crippen molar-refractivity contribution in [2.45, 2.75) is 0 Å². The molecule has 2 aliphatic rings. The molecule has 6 nitrogen and oxygen atoms in total. The van der Waals surface area contributed by atoms with E-state index in [9.17, 15) is 9.18 Å². The van der Waals surface area contributed by atoms with E-state index in [4.69, 9.17) is 5.41 Å². The Morgan fingerprint density at radius 3 is 2.61 bits per heavy atom. The molecule has 2 aromatic carbocycles. The number of amides is 1. The van der Waals surface area contributed by atoms with Crippen LogP contribution in [0, 0.1) is 11.2 Å². The maximum Gasteiger partial charge on any atom is 0.283 e. The maximum atomic E-state index is 14.2. The van der Waals surface area contributed by atoms with Gasteiger partial charge in [0, 0.05) is 27.6 Å². The fourth-order valence-electron chi connectivity index (χ4n) is 3.23. The zero-order chi connectivity index (χ0) is 21.5. The van der Waals surface area contributed by atoms with Crippen LogP contribution in [0.25, 0.3) is 11.8 Å². The first-order valence-electron chi connectivity index (χ1n) is 9.20. The summed E-state index contributed by atoms with van der Waals surface area (Å²) >= 11 is 4.49. The number of nitrogens with zero attached hydrogens (tertiary/aromatic N) is 4. The average molecular weight is 494 g/mol. The Bertz CT molecular complexity index is 1330. The molecule has 0 unspecified atom stereocenters. The Kier molecular flexibility index (Phi) is 4.91. The van der Waals surface area contributed by atoms with Crippen LogP contribution < -0.4 is 0 Å². The number of halogens is 2. The topological polar surface area (TPSA) is 73.8 Å². The van der Waals surface area contributed by atoms with Gasteiger partial charge in [0.1, 0.15) is 10.9 Å². The molecule has 0 aliphatic carbocycles. The predicted molar refractivity (Wildman–Crippen MR) is 124 cm³/mol. The van der Waals surface area contributed by atoms with Crippen LogP contribution in [0.15, 0.2) is 87.0 Å². The summed E-state index contributed by atoms with van der Waals surface area (Å²) in [4.78, 5) is 16.8. The van der Waals surface area contributed by atoms with Crippen LogP contribution in [0.4, 0.5) is 4.39 Å². The van der Waals surface area contributed by atoms with Gasteiger partial charge in [-0.15, -0.1) is 0 Å². The van der Waals surface area contributed by atoms with E-state index in [1.807, 2.05) is 47.2 Å². The smallest absolute Gasteiger partial charge is 0.283 e. The summed E-state index contributed by atoms with van der Waals surface area (Å²) < 4.78 is 17.0. The van der Waals surface area contributed by atoms with E-state index >= 15 is 0 Å². The number of rotatable bonds is 3. The molecule has 0 atom stereocenters. The summed E-state index contributed by atoms with van der Waals surface area (Å²) in [6.45, 7) is 0. The fraction of sp³-hybridized carbons (Fsp3) is 0. The Morgan fingerprint density at radius 2 is 1.84 bits per heavy atom. The third-order valence-corrected chi connectivity index (χ3v) is 6.21. The van der Waals surface area contributed by atoms with Gasteiger partial charge in [0.05, 0.1) is 5.57 Å². The number of amidine groups is 2. The number of carbonyl (C=O) groups is 1. The lowest BCUT2D eigenvalue weighted by molar-refractivity contribution is -0.114. The molecule has 1 amide bonds. The highest BCUT2D eigenvalue weighted by Crippen LogP contribution is 2.32. The second-order valence-corrected chi connectivity index (χ2v) is 8.56. The minimum Gasteiger partial charge on any atom is -0.317 e. The van der Waals surface area contributed by atoms with Crippen molar-refractivity contribution < 1.29 is 9.18 Å². The number of hydrogen-bond acceptors (Lipinski definition) is 4. The summed E-state index contributed by atoms with van der Waals surface area (Å²) in [7, 11) is 0. The largest absolute Gasteiger partial charge is 0.317 e. The highest BCUT2D eigenvalue weighted by atomic mass is 79.9. The van der Waals surface area contributed by atoms with Gasteiger partial charge in [-0.05, 0) is 66.4 Å². The number of aromatic nitrogens is 1. The molecule has 152 valence electrons. The first-order valence-corrected chi connectivity index (χ1v) is 10.8. The molecule has 31 heavy (non-hydrogen) atoms. The molecule has 0 spiro atoms. The van der Waals surface area contributed by atoms with Crippen molar-refractivity contribution in [3.8, 4) is 5.69 Å². The molecule has 0 saturated heterocycles. The van der Waals surface area contributed by atoms with Crippen LogP contribution in [-0.2, 0) is 4.79 Å². The summed E-state index contributed by atoms with van der Waals surface area (Å²) in [5, 5.41) is 14.8. The average Bonchev–Trinajstić information content (AvgIpc) is 3.39. The molecule has 1 N–H and O–H groups in total. The Balaban J connectivity index is 1.51. The van der Waals surface area contributed by atoms with Crippen molar-refractivity contribution in [3.63, 3.8) is 0 Å². The number of hydrogen-bond donors (Lipinski definition) is 1. The Hall–Kier alpha value is -3.30. The van der Waals surface area contributed by atoms with E-state index < -0.39 is 11.7 Å². The molecule has 2 aliphatic heterocycles. The lowest BCUT2D eigenvalue weighted by atomic mass is 10.1. The summed E-state index contributed by atoms with van der Waals surface area (Å²) in [5.74, 6) is -1.05. The van der Waals surface area contributed by atoms with Gasteiger partial charge >= 0.3 is 0 Å². The molecule has 5 rings (SSSR count). The van der Waals surface area contributed by atoms with Gasteiger partial charge in [-0.2, -0.15) is 15.1 Å². The molecule has 3 aromatic rings. The minimum atomic E-state index is -0.530. The summed E-state index contributed by atoms with van der Waals surface area (Å²) in [5.41, 5.74) is 2.05. The predicted octanol–water partition coefficient (Wildman–Crippen LogP) is 5.05. The van der Waals surface area contributed by atoms with Crippen molar-refractivity contribution in [1.82, 2.24) is 9.58 Å². The van der Waals surface area contributed by atoms with E-state index in [0.29, 0.717) is 10.6 Å². The number of benzene rings is 2. The Morgan fingerprint density at radius 1 is 1.06 bits per heavy atom. The third kappa shape index (κ3) is 3.55. The van der Waals surface area contributed by atoms with Gasteiger partial charge < -0.3 is 4.57 Å². The van der Waals surface area contributed by atoms with Gasteiger partial charge in [-0.1, -0.05) is 28.1 Å². The van der Waals surface area contributed by atoms with Gasteiger partial charge in [0.2, 0.25) is 5.17 Å². The normalized spacial score (nSPS) is 17.1. The van der Waals surface area contributed by atoms with Crippen LogP contribution in [0.1, 0.15) is 11.3 Å². The number of carbonyl (C=O) groups excluding carboxylic acids is 1. The number of thioether (sulfide) groups is 1.